The predicted octanol–water partition coefficient (Wildman–Crippen LogP) is 4.21. The Morgan fingerprint density at radius 3 is 2.65 bits per heavy atom. The lowest BCUT2D eigenvalue weighted by atomic mass is 10.1. The van der Waals surface area contributed by atoms with Gasteiger partial charge in [0.25, 0.3) is 0 Å². The number of hydrogen-bond donors (Lipinski definition) is 1. The number of nitrogen functional groups attached to an aromatic ring is 1. The predicted molar refractivity (Wildman–Crippen MR) is 86.5 cm³/mol. The molecule has 0 saturated carbocycles. The van der Waals surface area contributed by atoms with Crippen molar-refractivity contribution in [3.63, 3.8) is 0 Å². The van der Waals surface area contributed by atoms with Gasteiger partial charge in [0.1, 0.15) is 0 Å². The summed E-state index contributed by atoms with van der Waals surface area (Å²) in [5.74, 6) is 0.588. The van der Waals surface area contributed by atoms with Gasteiger partial charge in [0.2, 0.25) is 5.95 Å². The molecule has 3 nitrogen and oxygen atoms in total. The monoisotopic (exact) mass is 285 g/mol. The smallest absolute Gasteiger partial charge is 0.201 e. The van der Waals surface area contributed by atoms with E-state index in [2.05, 4.69) is 49.4 Å². The van der Waals surface area contributed by atoms with Crippen LogP contribution in [0.2, 0.25) is 0 Å². The molecule has 0 spiro atoms. The van der Waals surface area contributed by atoms with Gasteiger partial charge in [-0.15, -0.1) is 11.3 Å². The molecule has 2 heterocycles. The summed E-state index contributed by atoms with van der Waals surface area (Å²) in [6, 6.07) is 8.62. The molecule has 0 radical (unpaired) electrons. The van der Waals surface area contributed by atoms with Gasteiger partial charge in [0.15, 0.2) is 0 Å². The molecule has 1 atom stereocenters. The first-order valence-electron chi connectivity index (χ1n) is 6.79. The van der Waals surface area contributed by atoms with Crippen LogP contribution >= 0.6 is 11.3 Å². The summed E-state index contributed by atoms with van der Waals surface area (Å²) in [6.45, 7) is 8.62. The number of nitrogens with two attached hydrogens (primary N) is 1. The van der Waals surface area contributed by atoms with E-state index < -0.39 is 0 Å². The molecule has 0 aliphatic heterocycles. The molecule has 0 bridgehead atoms. The molecule has 0 aliphatic carbocycles. The van der Waals surface area contributed by atoms with Crippen LogP contribution in [0.15, 0.2) is 24.3 Å². The van der Waals surface area contributed by atoms with Crippen molar-refractivity contribution in [2.45, 2.75) is 33.7 Å². The Balaban J connectivity index is 2.24. The first-order chi connectivity index (χ1) is 9.49. The Bertz CT molecular complexity index is 782. The number of thiophene rings is 1. The number of hydrogen-bond acceptors (Lipinski definition) is 3. The van der Waals surface area contributed by atoms with Crippen LogP contribution in [0, 0.1) is 20.8 Å². The Morgan fingerprint density at radius 1 is 1.25 bits per heavy atom. The normalized spacial score (nSPS) is 13.0. The van der Waals surface area contributed by atoms with Crippen molar-refractivity contribution in [2.75, 3.05) is 5.73 Å². The molecule has 1 aromatic carbocycles. The summed E-state index contributed by atoms with van der Waals surface area (Å²) in [5, 5.41) is 0. The van der Waals surface area contributed by atoms with Gasteiger partial charge in [0, 0.05) is 9.75 Å². The average Bonchev–Trinajstić information content (AvgIpc) is 2.89. The highest BCUT2D eigenvalue weighted by Gasteiger charge is 2.19. The van der Waals surface area contributed by atoms with E-state index in [4.69, 9.17) is 5.73 Å². The zero-order valence-corrected chi connectivity index (χ0v) is 13.1. The van der Waals surface area contributed by atoms with Crippen molar-refractivity contribution in [1.82, 2.24) is 9.55 Å². The molecule has 3 aromatic rings. The van der Waals surface area contributed by atoms with Crippen molar-refractivity contribution < 1.29 is 0 Å². The first kappa shape index (κ1) is 13.2. The zero-order chi connectivity index (χ0) is 14.4. The zero-order valence-electron chi connectivity index (χ0n) is 12.3. The summed E-state index contributed by atoms with van der Waals surface area (Å²) in [4.78, 5) is 7.19. The number of imidazole rings is 1. The number of anilines is 1. The van der Waals surface area contributed by atoms with E-state index in [0.717, 1.165) is 11.0 Å². The molecule has 2 aromatic heterocycles. The minimum absolute atomic E-state index is 0.200. The van der Waals surface area contributed by atoms with Gasteiger partial charge >= 0.3 is 0 Å². The number of aromatic nitrogens is 2. The third-order valence-electron chi connectivity index (χ3n) is 3.86. The third-order valence-corrected chi connectivity index (χ3v) is 4.84. The lowest BCUT2D eigenvalue weighted by molar-refractivity contribution is 0.665. The Labute approximate surface area is 123 Å². The SMILES string of the molecule is Cc1cc(C(C)n2c(N)nc3cccc(C)c32)c(C)s1. The molecule has 0 aliphatic rings. The average molecular weight is 285 g/mol. The highest BCUT2D eigenvalue weighted by atomic mass is 32.1. The van der Waals surface area contributed by atoms with Crippen molar-refractivity contribution in [1.29, 1.82) is 0 Å². The third kappa shape index (κ3) is 1.91. The highest BCUT2D eigenvalue weighted by Crippen LogP contribution is 2.33. The van der Waals surface area contributed by atoms with Crippen molar-refractivity contribution in [3.8, 4) is 0 Å². The van der Waals surface area contributed by atoms with E-state index in [-0.39, 0.29) is 6.04 Å². The maximum Gasteiger partial charge on any atom is 0.201 e. The van der Waals surface area contributed by atoms with Gasteiger partial charge in [-0.25, -0.2) is 4.98 Å². The number of rotatable bonds is 2. The van der Waals surface area contributed by atoms with Crippen LogP contribution in [0.25, 0.3) is 11.0 Å². The summed E-state index contributed by atoms with van der Waals surface area (Å²) < 4.78 is 2.15. The van der Waals surface area contributed by atoms with Gasteiger partial charge in [-0.2, -0.15) is 0 Å². The molecule has 3 rings (SSSR count). The van der Waals surface area contributed by atoms with E-state index in [9.17, 15) is 0 Å². The maximum atomic E-state index is 6.17. The topological polar surface area (TPSA) is 43.8 Å². The molecule has 0 amide bonds. The highest BCUT2D eigenvalue weighted by molar-refractivity contribution is 7.12. The first-order valence-corrected chi connectivity index (χ1v) is 7.60. The minimum atomic E-state index is 0.200. The Hall–Kier alpha value is -1.81. The fourth-order valence-corrected chi connectivity index (χ4v) is 3.95. The molecule has 20 heavy (non-hydrogen) atoms. The van der Waals surface area contributed by atoms with Crippen LogP contribution in [0.1, 0.15) is 33.8 Å². The van der Waals surface area contributed by atoms with Gasteiger partial charge < -0.3 is 10.3 Å². The Morgan fingerprint density at radius 2 is 2.00 bits per heavy atom. The van der Waals surface area contributed by atoms with E-state index in [1.54, 1.807) is 0 Å². The van der Waals surface area contributed by atoms with E-state index in [1.165, 1.54) is 20.9 Å². The molecule has 0 saturated heterocycles. The number of para-hydroxylation sites is 1. The van der Waals surface area contributed by atoms with Crippen LogP contribution in [-0.4, -0.2) is 9.55 Å². The van der Waals surface area contributed by atoms with E-state index >= 15 is 0 Å². The van der Waals surface area contributed by atoms with Gasteiger partial charge in [-0.05, 0) is 51.0 Å². The van der Waals surface area contributed by atoms with E-state index in [0.29, 0.717) is 5.95 Å². The largest absolute Gasteiger partial charge is 0.369 e. The van der Waals surface area contributed by atoms with Crippen LogP contribution in [0.5, 0.6) is 0 Å². The minimum Gasteiger partial charge on any atom is -0.369 e. The number of aryl methyl sites for hydroxylation is 3. The molecule has 1 unspecified atom stereocenters. The fourth-order valence-electron chi connectivity index (χ4n) is 2.94. The summed E-state index contributed by atoms with van der Waals surface area (Å²) in [5.41, 5.74) is 10.8. The summed E-state index contributed by atoms with van der Waals surface area (Å²) in [7, 11) is 0. The molecule has 4 heteroatoms. The molecule has 0 fully saturated rings. The lowest BCUT2D eigenvalue weighted by Gasteiger charge is -2.17. The molecule has 104 valence electrons. The Kier molecular flexibility index (Phi) is 3.05. The van der Waals surface area contributed by atoms with Crippen molar-refractivity contribution in [3.05, 3.63) is 45.1 Å². The van der Waals surface area contributed by atoms with Crippen molar-refractivity contribution in [2.24, 2.45) is 0 Å². The van der Waals surface area contributed by atoms with Gasteiger partial charge in [-0.1, -0.05) is 12.1 Å². The van der Waals surface area contributed by atoms with E-state index in [1.807, 2.05) is 23.5 Å². The maximum absolute atomic E-state index is 6.17. The summed E-state index contributed by atoms with van der Waals surface area (Å²) in [6.07, 6.45) is 0. The second-order valence-electron chi connectivity index (χ2n) is 5.33. The van der Waals surface area contributed by atoms with Gasteiger partial charge in [0.05, 0.1) is 17.1 Å². The number of nitrogens with zero attached hydrogens (tertiary/aromatic N) is 2. The second kappa shape index (κ2) is 4.63. The fraction of sp³-hybridized carbons (Fsp3) is 0.312. The standard InChI is InChI=1S/C16H19N3S/c1-9-6-5-7-14-15(9)19(16(17)18-14)11(3)13-8-10(2)20-12(13)4/h5-8,11H,1-4H3,(H2,17,18). The number of fused-ring (bicyclic) bond motifs is 1. The summed E-state index contributed by atoms with van der Waals surface area (Å²) >= 11 is 1.84. The van der Waals surface area contributed by atoms with Crippen LogP contribution in [-0.2, 0) is 0 Å². The quantitative estimate of drug-likeness (QED) is 0.766. The lowest BCUT2D eigenvalue weighted by Crippen LogP contribution is -2.10. The molecule has 2 N–H and O–H groups in total. The van der Waals surface area contributed by atoms with Gasteiger partial charge in [-0.3, -0.25) is 0 Å². The van der Waals surface area contributed by atoms with Crippen molar-refractivity contribution >= 4 is 28.3 Å². The van der Waals surface area contributed by atoms with Crippen LogP contribution in [0.3, 0.4) is 0 Å². The molecular weight excluding hydrogens is 266 g/mol. The second-order valence-corrected chi connectivity index (χ2v) is 6.79. The van der Waals surface area contributed by atoms with Crippen LogP contribution in [0.4, 0.5) is 5.95 Å². The number of benzene rings is 1. The van der Waals surface area contributed by atoms with Crippen LogP contribution < -0.4 is 5.73 Å². The molecular formula is C16H19N3S.